The number of hydrogen-bond acceptors (Lipinski definition) is 6. The van der Waals surface area contributed by atoms with Gasteiger partial charge < -0.3 is 30.1 Å². The lowest BCUT2D eigenvalue weighted by Gasteiger charge is -2.25. The molecular weight excluding hydrogens is 350 g/mol. The monoisotopic (exact) mass is 377 g/mol. The standard InChI is InChI=1S/C19H27N3O5/c1-11(2)19(26-4)17(18(25)12(3)23)22-27-10-16(24)21-15-7-5-6-14-13(15)8-9-20-14/h5-9,11-12,18-20,23,25H,10H2,1-4H3,(H,21,24)/b22-17+/t12-,18+,19+/m1/s1. The number of amides is 1. The van der Waals surface area contributed by atoms with Crippen LogP contribution in [0.5, 0.6) is 0 Å². The van der Waals surface area contributed by atoms with E-state index in [2.05, 4.69) is 15.5 Å². The second-order valence-electron chi connectivity index (χ2n) is 6.67. The largest absolute Gasteiger partial charge is 0.390 e. The molecule has 4 N–H and O–H groups in total. The zero-order chi connectivity index (χ0) is 20.0. The summed E-state index contributed by atoms with van der Waals surface area (Å²) >= 11 is 0. The van der Waals surface area contributed by atoms with Crippen molar-refractivity contribution in [2.24, 2.45) is 11.1 Å². The number of H-pyrrole nitrogens is 1. The molecule has 0 aliphatic rings. The Kier molecular flexibility index (Phi) is 7.35. The van der Waals surface area contributed by atoms with Crippen molar-refractivity contribution in [1.82, 2.24) is 4.98 Å². The first-order valence-electron chi connectivity index (χ1n) is 8.79. The summed E-state index contributed by atoms with van der Waals surface area (Å²) in [7, 11) is 1.49. The molecule has 27 heavy (non-hydrogen) atoms. The fraction of sp³-hybridized carbons (Fsp3) is 0.474. The zero-order valence-electron chi connectivity index (χ0n) is 16.0. The van der Waals surface area contributed by atoms with E-state index in [1.54, 1.807) is 12.3 Å². The van der Waals surface area contributed by atoms with Gasteiger partial charge in [-0.2, -0.15) is 0 Å². The fourth-order valence-corrected chi connectivity index (χ4v) is 2.80. The van der Waals surface area contributed by atoms with Gasteiger partial charge in [0.05, 0.1) is 11.8 Å². The molecule has 8 heteroatoms. The molecule has 1 heterocycles. The van der Waals surface area contributed by atoms with E-state index in [-0.39, 0.29) is 18.2 Å². The molecule has 0 aliphatic carbocycles. The Bertz CT molecular complexity index is 784. The SMILES string of the molecule is CO[C@H](/C(=N/OCC(=O)Nc1cccc2[nH]ccc12)[C@@H](O)[C@@H](C)O)C(C)C. The summed E-state index contributed by atoms with van der Waals surface area (Å²) < 4.78 is 5.35. The van der Waals surface area contributed by atoms with E-state index in [1.165, 1.54) is 14.0 Å². The average Bonchev–Trinajstić information content (AvgIpc) is 3.09. The van der Waals surface area contributed by atoms with Crippen LogP contribution in [0.25, 0.3) is 10.9 Å². The van der Waals surface area contributed by atoms with Gasteiger partial charge in [-0.1, -0.05) is 25.1 Å². The molecule has 3 atom stereocenters. The number of rotatable bonds is 9. The Morgan fingerprint density at radius 2 is 2.00 bits per heavy atom. The Hall–Kier alpha value is -2.42. The molecule has 0 unspecified atom stereocenters. The minimum absolute atomic E-state index is 0.00855. The van der Waals surface area contributed by atoms with Gasteiger partial charge in [-0.15, -0.1) is 0 Å². The minimum Gasteiger partial charge on any atom is -0.390 e. The first kappa shape index (κ1) is 20.9. The number of carbonyl (C=O) groups is 1. The number of hydrogen-bond donors (Lipinski definition) is 4. The van der Waals surface area contributed by atoms with E-state index >= 15 is 0 Å². The highest BCUT2D eigenvalue weighted by Crippen LogP contribution is 2.22. The average molecular weight is 377 g/mol. The van der Waals surface area contributed by atoms with Crippen molar-refractivity contribution in [3.63, 3.8) is 0 Å². The number of nitrogens with zero attached hydrogens (tertiary/aromatic N) is 1. The van der Waals surface area contributed by atoms with E-state index < -0.39 is 24.2 Å². The molecule has 0 saturated heterocycles. The van der Waals surface area contributed by atoms with Crippen LogP contribution in [0.1, 0.15) is 20.8 Å². The number of fused-ring (bicyclic) bond motifs is 1. The van der Waals surface area contributed by atoms with E-state index in [0.717, 1.165) is 10.9 Å². The van der Waals surface area contributed by atoms with Crippen molar-refractivity contribution in [2.45, 2.75) is 39.1 Å². The lowest BCUT2D eigenvalue weighted by atomic mass is 9.96. The number of carbonyl (C=O) groups excluding carboxylic acids is 1. The Labute approximate surface area is 158 Å². The number of nitrogens with one attached hydrogen (secondary N) is 2. The van der Waals surface area contributed by atoms with Crippen molar-refractivity contribution in [1.29, 1.82) is 0 Å². The summed E-state index contributed by atoms with van der Waals surface area (Å²) in [6.45, 7) is 4.88. The van der Waals surface area contributed by atoms with Crippen LogP contribution in [0.3, 0.4) is 0 Å². The highest BCUT2D eigenvalue weighted by Gasteiger charge is 2.29. The maximum absolute atomic E-state index is 12.2. The summed E-state index contributed by atoms with van der Waals surface area (Å²) in [6.07, 6.45) is -1.06. The predicted molar refractivity (Wildman–Crippen MR) is 104 cm³/mol. The van der Waals surface area contributed by atoms with Crippen LogP contribution in [0.2, 0.25) is 0 Å². The summed E-state index contributed by atoms with van der Waals surface area (Å²) in [6, 6.07) is 7.40. The third-order valence-electron chi connectivity index (χ3n) is 4.15. The molecule has 0 saturated carbocycles. The number of methoxy groups -OCH3 is 1. The lowest BCUT2D eigenvalue weighted by molar-refractivity contribution is -0.120. The van der Waals surface area contributed by atoms with Gasteiger partial charge in [0.25, 0.3) is 5.91 Å². The van der Waals surface area contributed by atoms with Crippen LogP contribution >= 0.6 is 0 Å². The molecule has 8 nitrogen and oxygen atoms in total. The molecule has 1 amide bonds. The summed E-state index contributed by atoms with van der Waals surface area (Å²) in [4.78, 5) is 20.4. The number of aromatic amines is 1. The summed E-state index contributed by atoms with van der Waals surface area (Å²) in [5.41, 5.74) is 1.71. The molecule has 0 aliphatic heterocycles. The predicted octanol–water partition coefficient (Wildman–Crippen LogP) is 1.89. The third kappa shape index (κ3) is 5.29. The highest BCUT2D eigenvalue weighted by atomic mass is 16.6. The van der Waals surface area contributed by atoms with Gasteiger partial charge in [0, 0.05) is 24.2 Å². The molecule has 0 bridgehead atoms. The smallest absolute Gasteiger partial charge is 0.265 e. The molecule has 1 aromatic heterocycles. The maximum atomic E-state index is 12.2. The molecule has 1 aromatic carbocycles. The minimum atomic E-state index is -1.26. The van der Waals surface area contributed by atoms with E-state index in [4.69, 9.17) is 9.57 Å². The quantitative estimate of drug-likeness (QED) is 0.393. The summed E-state index contributed by atoms with van der Waals surface area (Å²) in [5, 5.41) is 27.4. The molecular formula is C19H27N3O5. The number of aliphatic hydroxyl groups is 2. The van der Waals surface area contributed by atoms with Gasteiger partial charge in [-0.05, 0) is 31.0 Å². The Morgan fingerprint density at radius 3 is 2.63 bits per heavy atom. The second-order valence-corrected chi connectivity index (χ2v) is 6.67. The number of aromatic nitrogens is 1. The van der Waals surface area contributed by atoms with E-state index in [9.17, 15) is 15.0 Å². The zero-order valence-corrected chi connectivity index (χ0v) is 16.0. The summed E-state index contributed by atoms with van der Waals surface area (Å²) in [5.74, 6) is -0.400. The highest BCUT2D eigenvalue weighted by molar-refractivity contribution is 6.01. The number of aliphatic hydroxyl groups excluding tert-OH is 2. The number of anilines is 1. The first-order valence-corrected chi connectivity index (χ1v) is 8.79. The molecule has 2 rings (SSSR count). The first-order chi connectivity index (χ1) is 12.8. The Morgan fingerprint density at radius 1 is 1.26 bits per heavy atom. The van der Waals surface area contributed by atoms with Crippen molar-refractivity contribution in [3.05, 3.63) is 30.5 Å². The number of benzene rings is 1. The van der Waals surface area contributed by atoms with Gasteiger partial charge in [-0.25, -0.2) is 0 Å². The van der Waals surface area contributed by atoms with E-state index in [1.807, 2.05) is 32.0 Å². The van der Waals surface area contributed by atoms with Crippen LogP contribution in [-0.2, 0) is 14.4 Å². The topological polar surface area (TPSA) is 116 Å². The fourth-order valence-electron chi connectivity index (χ4n) is 2.80. The van der Waals surface area contributed by atoms with Crippen LogP contribution in [-0.4, -0.2) is 58.8 Å². The molecule has 2 aromatic rings. The van der Waals surface area contributed by atoms with Gasteiger partial charge in [0.15, 0.2) is 6.61 Å². The van der Waals surface area contributed by atoms with Gasteiger partial charge in [0.1, 0.15) is 17.9 Å². The number of oxime groups is 1. The molecule has 0 spiro atoms. The van der Waals surface area contributed by atoms with Crippen molar-refractivity contribution >= 4 is 28.2 Å². The maximum Gasteiger partial charge on any atom is 0.265 e. The van der Waals surface area contributed by atoms with Crippen LogP contribution in [0.4, 0.5) is 5.69 Å². The Balaban J connectivity index is 2.05. The lowest BCUT2D eigenvalue weighted by Crippen LogP contribution is -2.42. The number of ether oxygens (including phenoxy) is 1. The van der Waals surface area contributed by atoms with Crippen LogP contribution in [0, 0.1) is 5.92 Å². The molecule has 148 valence electrons. The van der Waals surface area contributed by atoms with Crippen molar-refractivity contribution in [2.75, 3.05) is 19.0 Å². The normalized spacial score (nSPS) is 15.6. The van der Waals surface area contributed by atoms with Crippen LogP contribution < -0.4 is 5.32 Å². The second kappa shape index (κ2) is 9.50. The third-order valence-corrected chi connectivity index (χ3v) is 4.15. The van der Waals surface area contributed by atoms with Gasteiger partial charge in [0.2, 0.25) is 0 Å². The molecule has 0 fully saturated rings. The van der Waals surface area contributed by atoms with Gasteiger partial charge >= 0.3 is 0 Å². The van der Waals surface area contributed by atoms with Crippen LogP contribution in [0.15, 0.2) is 35.6 Å². The van der Waals surface area contributed by atoms with E-state index in [0.29, 0.717) is 5.69 Å². The van der Waals surface area contributed by atoms with Crippen molar-refractivity contribution < 1.29 is 24.6 Å². The van der Waals surface area contributed by atoms with Gasteiger partial charge in [-0.3, -0.25) is 4.79 Å². The van der Waals surface area contributed by atoms with Crippen molar-refractivity contribution in [3.8, 4) is 0 Å². The molecule has 0 radical (unpaired) electrons.